The standard InChI is InChI=1S/C33H31F3N2O4.C15H13F3O2.C9H11NO2/c1-32(33(34,35)36,24-12-16-28(17-13-24)41-30(39)22-8-6-10-26(20-22)37(2)3)25-14-18-29(19-15-25)42-31(40)23-9-7-11-27(21-23)38(4)5;1-14(15(16,17)18,10-2-6-12(19)7-3-10)11-4-8-13(20)9-5-11;1-10(2)8-5-3-4-7(6-8)9(11)12/h6-21H,1-5H3;2-9,19-20H,1H3;3-6H,1-2H3,(H,11,12). The molecule has 0 spiro atoms. The fourth-order valence-electron chi connectivity index (χ4n) is 7.36. The number of aromatic hydroxyl groups is 2. The third-order valence-electron chi connectivity index (χ3n) is 12.1. The Labute approximate surface area is 425 Å². The molecule has 0 saturated carbocycles. The van der Waals surface area contributed by atoms with Crippen molar-refractivity contribution in [2.24, 2.45) is 0 Å². The number of carboxylic acids is 1. The molecule has 17 heteroatoms. The van der Waals surface area contributed by atoms with Crippen LogP contribution in [-0.2, 0) is 10.8 Å². The van der Waals surface area contributed by atoms with Crippen molar-refractivity contribution in [3.8, 4) is 23.0 Å². The summed E-state index contributed by atoms with van der Waals surface area (Å²) in [7, 11) is 11.1. The molecule has 0 aliphatic rings. The van der Waals surface area contributed by atoms with E-state index in [1.165, 1.54) is 97.1 Å². The van der Waals surface area contributed by atoms with Gasteiger partial charge in [0.05, 0.1) is 16.7 Å². The smallest absolute Gasteiger partial charge is 0.402 e. The number of phenols is 2. The summed E-state index contributed by atoms with van der Waals surface area (Å²) in [6, 6.07) is 40.9. The molecule has 7 aromatic rings. The van der Waals surface area contributed by atoms with Crippen molar-refractivity contribution in [3.63, 3.8) is 0 Å². The lowest BCUT2D eigenvalue weighted by atomic mass is 9.75. The molecule has 0 bridgehead atoms. The molecule has 0 radical (unpaired) electrons. The first-order chi connectivity index (χ1) is 34.6. The molecule has 74 heavy (non-hydrogen) atoms. The molecule has 7 rings (SSSR count). The lowest BCUT2D eigenvalue weighted by Gasteiger charge is -2.33. The molecule has 7 aromatic carbocycles. The van der Waals surface area contributed by atoms with Gasteiger partial charge in [-0.25, -0.2) is 14.4 Å². The average molecular weight is 1020 g/mol. The number of halogens is 6. The zero-order chi connectivity index (χ0) is 54.8. The van der Waals surface area contributed by atoms with Crippen molar-refractivity contribution in [1.82, 2.24) is 0 Å². The van der Waals surface area contributed by atoms with Gasteiger partial charge in [-0.15, -0.1) is 0 Å². The lowest BCUT2D eigenvalue weighted by Crippen LogP contribution is -2.40. The van der Waals surface area contributed by atoms with Gasteiger partial charge in [-0.3, -0.25) is 0 Å². The first-order valence-electron chi connectivity index (χ1n) is 22.6. The SMILES string of the molecule is CC(c1ccc(O)cc1)(c1ccc(O)cc1)C(F)(F)F.CN(C)c1cccc(C(=O)O)c1.CN(C)c1cccc(C(=O)Oc2ccc(C(C)(c3ccc(OC(=O)c4cccc(N(C)C)c4)cc3)C(F)(F)F)cc2)c1. The maximum atomic E-state index is 14.6. The molecule has 11 nitrogen and oxygen atoms in total. The monoisotopic (exact) mass is 1020 g/mol. The highest BCUT2D eigenvalue weighted by Gasteiger charge is 2.54. The maximum Gasteiger partial charge on any atom is 0.402 e. The van der Waals surface area contributed by atoms with E-state index < -0.39 is 41.1 Å². The minimum atomic E-state index is -4.66. The summed E-state index contributed by atoms with van der Waals surface area (Å²) in [4.78, 5) is 41.4. The number of alkyl halides is 6. The van der Waals surface area contributed by atoms with E-state index in [4.69, 9.17) is 14.6 Å². The summed E-state index contributed by atoms with van der Waals surface area (Å²) in [6.07, 6.45) is -9.18. The molecular formula is C57H55F6N3O8. The summed E-state index contributed by atoms with van der Waals surface area (Å²) >= 11 is 0. The Hall–Kier alpha value is -8.47. The highest BCUT2D eigenvalue weighted by molar-refractivity contribution is 5.93. The molecule has 388 valence electrons. The van der Waals surface area contributed by atoms with E-state index in [0.29, 0.717) is 16.7 Å². The number of anilines is 3. The molecule has 0 aliphatic heterocycles. The molecule has 0 unspecified atom stereocenters. The molecule has 0 aromatic heterocycles. The minimum Gasteiger partial charge on any atom is -0.508 e. The second-order valence-corrected chi connectivity index (χ2v) is 17.8. The van der Waals surface area contributed by atoms with Gasteiger partial charge in [-0.05, 0) is 139 Å². The Morgan fingerprint density at radius 2 is 0.662 bits per heavy atom. The van der Waals surface area contributed by atoms with Crippen LogP contribution in [0, 0.1) is 0 Å². The first-order valence-corrected chi connectivity index (χ1v) is 22.6. The molecule has 0 aliphatic carbocycles. The van der Waals surface area contributed by atoms with Gasteiger partial charge in [-0.2, -0.15) is 26.3 Å². The van der Waals surface area contributed by atoms with Crippen LogP contribution in [-0.4, -0.2) is 87.9 Å². The molecule has 3 N–H and O–H groups in total. The zero-order valence-corrected chi connectivity index (χ0v) is 41.7. The Morgan fingerprint density at radius 1 is 0.405 bits per heavy atom. The van der Waals surface area contributed by atoms with Crippen molar-refractivity contribution in [2.75, 3.05) is 57.0 Å². The lowest BCUT2D eigenvalue weighted by molar-refractivity contribution is -0.173. The van der Waals surface area contributed by atoms with Gasteiger partial charge in [-0.1, -0.05) is 66.7 Å². The molecule has 0 saturated heterocycles. The van der Waals surface area contributed by atoms with E-state index in [9.17, 15) is 50.9 Å². The van der Waals surface area contributed by atoms with Crippen molar-refractivity contribution in [2.45, 2.75) is 37.0 Å². The second-order valence-electron chi connectivity index (χ2n) is 17.8. The van der Waals surface area contributed by atoms with Crippen molar-refractivity contribution in [3.05, 3.63) is 209 Å². The summed E-state index contributed by atoms with van der Waals surface area (Å²) in [5.41, 5.74) is -1.19. The Balaban J connectivity index is 0.000000259. The molecule has 0 atom stereocenters. The van der Waals surface area contributed by atoms with E-state index >= 15 is 0 Å². The average Bonchev–Trinajstić information content (AvgIpc) is 3.36. The van der Waals surface area contributed by atoms with Gasteiger partial charge >= 0.3 is 30.3 Å². The number of carboxylic acid groups (broad SMARTS) is 1. The minimum absolute atomic E-state index is 0.0217. The Bertz CT molecular complexity index is 2860. The predicted molar refractivity (Wildman–Crippen MR) is 273 cm³/mol. The number of aromatic carboxylic acids is 1. The van der Waals surface area contributed by atoms with Gasteiger partial charge in [0.15, 0.2) is 0 Å². The van der Waals surface area contributed by atoms with Gasteiger partial charge in [0.1, 0.15) is 33.8 Å². The molecule has 0 fully saturated rings. The number of ether oxygens (including phenoxy) is 2. The van der Waals surface area contributed by atoms with Gasteiger partial charge in [0.25, 0.3) is 0 Å². The summed E-state index contributed by atoms with van der Waals surface area (Å²) in [5.74, 6) is -2.09. The zero-order valence-electron chi connectivity index (χ0n) is 41.7. The number of rotatable bonds is 12. The van der Waals surface area contributed by atoms with Crippen LogP contribution in [0.5, 0.6) is 23.0 Å². The predicted octanol–water partition coefficient (Wildman–Crippen LogP) is 12.5. The summed E-state index contributed by atoms with van der Waals surface area (Å²) in [6.45, 7) is 2.15. The van der Waals surface area contributed by atoms with Crippen LogP contribution in [0.4, 0.5) is 43.4 Å². The van der Waals surface area contributed by atoms with Crippen molar-refractivity contribution >= 4 is 35.0 Å². The van der Waals surface area contributed by atoms with Gasteiger partial charge in [0.2, 0.25) is 0 Å². The Morgan fingerprint density at radius 3 is 0.919 bits per heavy atom. The number of phenolic OH excluding ortho intramolecular Hbond substituents is 2. The largest absolute Gasteiger partial charge is 0.508 e. The van der Waals surface area contributed by atoms with Crippen LogP contribution in [0.25, 0.3) is 0 Å². The maximum absolute atomic E-state index is 14.6. The quantitative estimate of drug-likeness (QED) is 0.0612. The fraction of sp³-hybridized carbons (Fsp3) is 0.211. The second kappa shape index (κ2) is 23.4. The van der Waals surface area contributed by atoms with Crippen LogP contribution < -0.4 is 24.2 Å². The number of nitrogens with zero attached hydrogens (tertiary/aromatic N) is 3. The van der Waals surface area contributed by atoms with Crippen molar-refractivity contribution < 1.29 is 65.5 Å². The summed E-state index contributed by atoms with van der Waals surface area (Å²) < 4.78 is 95.2. The first kappa shape index (κ1) is 56.4. The van der Waals surface area contributed by atoms with E-state index in [0.717, 1.165) is 30.9 Å². The third kappa shape index (κ3) is 13.5. The molecule has 0 heterocycles. The highest BCUT2D eigenvalue weighted by atomic mass is 19.4. The number of carbonyl (C=O) groups is 3. The molecule has 0 amide bonds. The summed E-state index contributed by atoms with van der Waals surface area (Å²) in [5, 5.41) is 27.1. The Kier molecular flexibility index (Phi) is 17.8. The van der Waals surface area contributed by atoms with E-state index in [2.05, 4.69) is 0 Å². The van der Waals surface area contributed by atoms with E-state index in [-0.39, 0.29) is 45.3 Å². The highest BCUT2D eigenvalue weighted by Crippen LogP contribution is 2.48. The van der Waals surface area contributed by atoms with Crippen LogP contribution in [0.15, 0.2) is 170 Å². The van der Waals surface area contributed by atoms with Gasteiger partial charge in [0, 0.05) is 59.3 Å². The van der Waals surface area contributed by atoms with Crippen LogP contribution in [0.2, 0.25) is 0 Å². The normalized spacial score (nSPS) is 11.4. The third-order valence-corrected chi connectivity index (χ3v) is 12.1. The number of esters is 2. The van der Waals surface area contributed by atoms with Gasteiger partial charge < -0.3 is 39.5 Å². The number of benzene rings is 7. The van der Waals surface area contributed by atoms with E-state index in [1.807, 2.05) is 75.2 Å². The van der Waals surface area contributed by atoms with Crippen LogP contribution >= 0.6 is 0 Å². The molecular weight excluding hydrogens is 969 g/mol. The fourth-order valence-corrected chi connectivity index (χ4v) is 7.36. The van der Waals surface area contributed by atoms with Crippen LogP contribution in [0.1, 0.15) is 67.2 Å². The van der Waals surface area contributed by atoms with Crippen molar-refractivity contribution in [1.29, 1.82) is 0 Å². The number of hydrogen-bond acceptors (Lipinski definition) is 10. The van der Waals surface area contributed by atoms with Crippen LogP contribution in [0.3, 0.4) is 0 Å². The number of hydrogen-bond donors (Lipinski definition) is 3. The number of carbonyl (C=O) groups excluding carboxylic acids is 2. The topological polar surface area (TPSA) is 140 Å². The van der Waals surface area contributed by atoms with E-state index in [1.54, 1.807) is 54.6 Å².